The number of carbonyl (C=O) groups excluding carboxylic acids is 4. The van der Waals surface area contributed by atoms with Gasteiger partial charge in [0.25, 0.3) is 5.89 Å². The summed E-state index contributed by atoms with van der Waals surface area (Å²) in [5.74, 6) is -1.57. The second kappa shape index (κ2) is 13.5. The maximum absolute atomic E-state index is 13.8. The summed E-state index contributed by atoms with van der Waals surface area (Å²) in [5.41, 5.74) is 7.58. The fourth-order valence-electron chi connectivity index (χ4n) is 5.36. The number of fused-ring (bicyclic) bond motifs is 1. The number of ketones is 1. The molecule has 2 aromatic carbocycles. The molecule has 2 aliphatic rings. The van der Waals surface area contributed by atoms with Crippen molar-refractivity contribution in [1.82, 2.24) is 20.5 Å². The highest BCUT2D eigenvalue weighted by Gasteiger charge is 2.44. The number of hydrogen-bond acceptors (Lipinski definition) is 8. The highest BCUT2D eigenvalue weighted by atomic mass is 35.5. The normalized spacial score (nSPS) is 21.0. The van der Waals surface area contributed by atoms with Crippen LogP contribution in [-0.2, 0) is 25.7 Å². The molecule has 0 radical (unpaired) electrons. The highest BCUT2D eigenvalue weighted by molar-refractivity contribution is 6.30. The molecule has 2 aliphatic heterocycles. The first-order chi connectivity index (χ1) is 20.3. The molecule has 2 fully saturated rings. The summed E-state index contributed by atoms with van der Waals surface area (Å²) >= 11 is 5.98. The number of halogens is 1. The third kappa shape index (κ3) is 6.97. The number of unbranched alkanes of at least 4 members (excludes halogenated alkanes) is 1. The smallest absolute Gasteiger partial charge is 0.266 e. The van der Waals surface area contributed by atoms with Crippen molar-refractivity contribution in [3.63, 3.8) is 0 Å². The fourth-order valence-corrected chi connectivity index (χ4v) is 5.49. The Hall–Kier alpha value is -3.80. The lowest BCUT2D eigenvalue weighted by molar-refractivity contribution is -0.140. The third-order valence-electron chi connectivity index (χ3n) is 7.63. The molecule has 4 N–H and O–H groups in total. The van der Waals surface area contributed by atoms with E-state index in [1.807, 2.05) is 12.1 Å². The molecule has 0 unspecified atom stereocenters. The number of rotatable bonds is 12. The van der Waals surface area contributed by atoms with E-state index in [0.29, 0.717) is 48.4 Å². The highest BCUT2D eigenvalue weighted by Crippen LogP contribution is 2.26. The molecule has 0 aliphatic carbocycles. The molecule has 222 valence electrons. The van der Waals surface area contributed by atoms with E-state index in [0.717, 1.165) is 5.56 Å². The van der Waals surface area contributed by atoms with E-state index >= 15 is 0 Å². The van der Waals surface area contributed by atoms with Crippen molar-refractivity contribution in [2.24, 2.45) is 5.73 Å². The van der Waals surface area contributed by atoms with Crippen LogP contribution in [0.15, 0.2) is 52.9 Å². The van der Waals surface area contributed by atoms with Crippen LogP contribution in [0.1, 0.15) is 54.8 Å². The van der Waals surface area contributed by atoms with Gasteiger partial charge in [-0.3, -0.25) is 19.2 Å². The summed E-state index contributed by atoms with van der Waals surface area (Å²) in [6.07, 6.45) is 2.01. The van der Waals surface area contributed by atoms with E-state index in [2.05, 4.69) is 15.6 Å². The van der Waals surface area contributed by atoms with Crippen LogP contribution in [0.3, 0.4) is 0 Å². The largest absolute Gasteiger partial charge is 0.434 e. The summed E-state index contributed by atoms with van der Waals surface area (Å²) in [6.45, 7) is 0.895. The molecule has 5 rings (SSSR count). The van der Waals surface area contributed by atoms with Crippen LogP contribution >= 0.6 is 11.6 Å². The number of nitrogens with two attached hydrogens (primary N) is 1. The molecule has 12 heteroatoms. The van der Waals surface area contributed by atoms with E-state index in [1.54, 1.807) is 36.4 Å². The van der Waals surface area contributed by atoms with Crippen LogP contribution in [0.4, 0.5) is 0 Å². The number of carbonyl (C=O) groups is 4. The van der Waals surface area contributed by atoms with E-state index in [1.165, 1.54) is 4.90 Å². The molecule has 3 aromatic rings. The Morgan fingerprint density at radius 2 is 1.95 bits per heavy atom. The van der Waals surface area contributed by atoms with Gasteiger partial charge in [-0.15, -0.1) is 0 Å². The molecule has 11 nitrogen and oxygen atoms in total. The van der Waals surface area contributed by atoms with Gasteiger partial charge in [0, 0.05) is 24.4 Å². The summed E-state index contributed by atoms with van der Waals surface area (Å²) in [6, 6.07) is 11.8. The molecule has 3 heterocycles. The van der Waals surface area contributed by atoms with Crippen molar-refractivity contribution in [2.75, 3.05) is 13.1 Å². The number of ether oxygens (including phenoxy) is 1. The number of benzene rings is 2. The zero-order chi connectivity index (χ0) is 29.6. The van der Waals surface area contributed by atoms with Crippen LogP contribution in [0.25, 0.3) is 11.1 Å². The average Bonchev–Trinajstić information content (AvgIpc) is 3.74. The molecule has 1 aromatic heterocycles. The number of para-hydroxylation sites is 2. The molecule has 0 bridgehead atoms. The van der Waals surface area contributed by atoms with Gasteiger partial charge in [0.15, 0.2) is 5.58 Å². The monoisotopic (exact) mass is 595 g/mol. The number of aromatic nitrogens is 1. The number of likely N-dealkylation sites (tertiary alicyclic amines) is 1. The van der Waals surface area contributed by atoms with Crippen molar-refractivity contribution >= 4 is 46.2 Å². The molecule has 0 spiro atoms. The van der Waals surface area contributed by atoms with Crippen LogP contribution in [0, 0.1) is 0 Å². The topological polar surface area (TPSA) is 157 Å². The fraction of sp³-hybridized carbons (Fsp3) is 0.433. The second-order valence-electron chi connectivity index (χ2n) is 10.7. The van der Waals surface area contributed by atoms with Crippen molar-refractivity contribution in [3.8, 4) is 0 Å². The van der Waals surface area contributed by atoms with Gasteiger partial charge in [0.1, 0.15) is 17.6 Å². The predicted octanol–water partition coefficient (Wildman–Crippen LogP) is 2.74. The SMILES string of the molecule is NCCCC[C@H](NC(=O)[C@@H]1C[C@@H](OCc2ccc(Cl)cc2)CN1C(=O)[C@H]1CCC(=O)N1)C(=O)c1nc2ccccc2o1. The van der Waals surface area contributed by atoms with Crippen molar-refractivity contribution in [3.05, 3.63) is 65.0 Å². The molecular weight excluding hydrogens is 562 g/mol. The Labute approximate surface area is 248 Å². The number of nitrogens with one attached hydrogen (secondary N) is 2. The molecule has 0 saturated carbocycles. The Morgan fingerprint density at radius 1 is 1.17 bits per heavy atom. The van der Waals surface area contributed by atoms with Crippen molar-refractivity contribution < 1.29 is 28.3 Å². The summed E-state index contributed by atoms with van der Waals surface area (Å²) in [7, 11) is 0. The number of hydrogen-bond donors (Lipinski definition) is 3. The summed E-state index contributed by atoms with van der Waals surface area (Å²) in [4.78, 5) is 58.3. The van der Waals surface area contributed by atoms with Gasteiger partial charge in [0.05, 0.1) is 18.8 Å². The Morgan fingerprint density at radius 3 is 2.67 bits per heavy atom. The summed E-state index contributed by atoms with van der Waals surface area (Å²) < 4.78 is 11.8. The van der Waals surface area contributed by atoms with E-state index < -0.39 is 35.9 Å². The number of amides is 3. The van der Waals surface area contributed by atoms with Crippen LogP contribution in [-0.4, -0.2) is 70.7 Å². The lowest BCUT2D eigenvalue weighted by Crippen LogP contribution is -2.54. The zero-order valence-corrected chi connectivity index (χ0v) is 23.8. The maximum Gasteiger partial charge on any atom is 0.266 e. The number of nitrogens with zero attached hydrogens (tertiary/aromatic N) is 2. The zero-order valence-electron chi connectivity index (χ0n) is 23.1. The number of oxazole rings is 1. The quantitative estimate of drug-likeness (QED) is 0.213. The maximum atomic E-state index is 13.8. The van der Waals surface area contributed by atoms with Gasteiger partial charge in [-0.25, -0.2) is 4.98 Å². The number of Topliss-reactive ketones (excluding diaryl/α,β-unsaturated/α-hetero) is 1. The molecular formula is C30H34ClN5O6. The molecule has 2 saturated heterocycles. The van der Waals surface area contributed by atoms with Crippen molar-refractivity contribution in [1.29, 1.82) is 0 Å². The first-order valence-corrected chi connectivity index (χ1v) is 14.6. The van der Waals surface area contributed by atoms with Gasteiger partial charge in [-0.05, 0) is 62.1 Å². The molecule has 42 heavy (non-hydrogen) atoms. The standard InChI is InChI=1S/C30H34ClN5O6/c31-19-10-8-18(9-11-19)17-41-20-15-24(36(16-20)30(40)23-12-13-26(37)33-23)28(39)34-22(6-3-4-14-32)27(38)29-35-21-5-1-2-7-25(21)42-29/h1-2,5,7-11,20,22-24H,3-4,6,12-17,32H2,(H,33,37)(H,34,39)/t20-,22+,23-,24+/m1/s1. The Balaban J connectivity index is 1.32. The lowest BCUT2D eigenvalue weighted by Gasteiger charge is -2.27. The van der Waals surface area contributed by atoms with Gasteiger partial charge >= 0.3 is 0 Å². The third-order valence-corrected chi connectivity index (χ3v) is 7.88. The minimum absolute atomic E-state index is 0.0913. The molecule has 3 amide bonds. The van der Waals surface area contributed by atoms with Gasteiger partial charge in [-0.2, -0.15) is 0 Å². The van der Waals surface area contributed by atoms with Crippen LogP contribution in [0.5, 0.6) is 0 Å². The first-order valence-electron chi connectivity index (χ1n) is 14.2. The predicted molar refractivity (Wildman–Crippen MR) is 154 cm³/mol. The van der Waals surface area contributed by atoms with E-state index in [4.69, 9.17) is 26.5 Å². The van der Waals surface area contributed by atoms with Crippen LogP contribution < -0.4 is 16.4 Å². The van der Waals surface area contributed by atoms with Gasteiger partial charge in [-0.1, -0.05) is 35.9 Å². The minimum Gasteiger partial charge on any atom is -0.434 e. The Bertz CT molecular complexity index is 1410. The van der Waals surface area contributed by atoms with E-state index in [-0.39, 0.29) is 43.7 Å². The minimum atomic E-state index is -0.922. The Kier molecular flexibility index (Phi) is 9.51. The summed E-state index contributed by atoms with van der Waals surface area (Å²) in [5, 5.41) is 6.17. The molecule has 4 atom stereocenters. The van der Waals surface area contributed by atoms with Crippen LogP contribution in [0.2, 0.25) is 5.02 Å². The average molecular weight is 596 g/mol. The lowest BCUT2D eigenvalue weighted by atomic mass is 10.0. The van der Waals surface area contributed by atoms with E-state index in [9.17, 15) is 19.2 Å². The van der Waals surface area contributed by atoms with Gasteiger partial charge in [0.2, 0.25) is 23.5 Å². The van der Waals surface area contributed by atoms with Crippen molar-refractivity contribution in [2.45, 2.75) is 69.4 Å². The second-order valence-corrected chi connectivity index (χ2v) is 11.1. The van der Waals surface area contributed by atoms with Gasteiger partial charge < -0.3 is 30.4 Å². The first kappa shape index (κ1) is 29.7.